The lowest BCUT2D eigenvalue weighted by Gasteiger charge is -2.18. The van der Waals surface area contributed by atoms with E-state index in [1.807, 2.05) is 50.2 Å². The Kier molecular flexibility index (Phi) is 12.7. The van der Waals surface area contributed by atoms with Gasteiger partial charge in [-0.15, -0.1) is 5.11 Å². The van der Waals surface area contributed by atoms with E-state index in [-0.39, 0.29) is 18.1 Å². The smallest absolute Gasteiger partial charge is 0.343 e. The first-order chi connectivity index (χ1) is 24.3. The molecule has 0 unspecified atom stereocenters. The van der Waals surface area contributed by atoms with E-state index in [0.717, 1.165) is 42.4 Å². The van der Waals surface area contributed by atoms with Gasteiger partial charge in [-0.2, -0.15) is 5.11 Å². The van der Waals surface area contributed by atoms with E-state index < -0.39 is 11.9 Å². The Hall–Kier alpha value is -5.47. The molecule has 5 aromatic carbocycles. The number of carbonyl (C=O) groups is 2. The van der Waals surface area contributed by atoms with E-state index in [9.17, 15) is 9.59 Å². The Morgan fingerprint density at radius 1 is 0.620 bits per heavy atom. The minimum atomic E-state index is -0.576. The molecule has 0 radical (unpaired) electrons. The summed E-state index contributed by atoms with van der Waals surface area (Å²) in [6, 6.07) is 31.6. The number of halogens is 1. The van der Waals surface area contributed by atoms with Crippen molar-refractivity contribution in [3.8, 4) is 23.0 Å². The van der Waals surface area contributed by atoms with Gasteiger partial charge in [-0.25, -0.2) is 9.59 Å². The lowest BCUT2D eigenvalue weighted by atomic mass is 10.1. The lowest BCUT2D eigenvalue weighted by Crippen LogP contribution is -2.10. The van der Waals surface area contributed by atoms with Crippen LogP contribution in [0.15, 0.2) is 119 Å². The van der Waals surface area contributed by atoms with Gasteiger partial charge in [-0.1, -0.05) is 85.3 Å². The Morgan fingerprint density at radius 2 is 1.24 bits per heavy atom. The average Bonchev–Trinajstić information content (AvgIpc) is 3.12. The summed E-state index contributed by atoms with van der Waals surface area (Å²) in [6.07, 6.45) is 3.99. The van der Waals surface area contributed by atoms with Crippen LogP contribution in [0, 0.1) is 13.8 Å². The zero-order valence-electron chi connectivity index (χ0n) is 28.4. The molecule has 0 aliphatic heterocycles. The number of ether oxygens (including phenoxy) is 4. The number of carbonyl (C=O) groups excluding carboxylic acids is 2. The lowest BCUT2D eigenvalue weighted by molar-refractivity contribution is 0.0720. The molecule has 0 bridgehead atoms. The highest BCUT2D eigenvalue weighted by Gasteiger charge is 2.22. The van der Waals surface area contributed by atoms with E-state index >= 15 is 0 Å². The summed E-state index contributed by atoms with van der Waals surface area (Å²) >= 11 is 6.03. The van der Waals surface area contributed by atoms with Crippen LogP contribution in [-0.2, 0) is 6.61 Å². The maximum absolute atomic E-state index is 13.2. The summed E-state index contributed by atoms with van der Waals surface area (Å²) < 4.78 is 24.1. The Labute approximate surface area is 297 Å². The van der Waals surface area contributed by atoms with E-state index in [4.69, 9.17) is 30.5 Å². The number of azo groups is 1. The third-order valence-electron chi connectivity index (χ3n) is 7.69. The maximum atomic E-state index is 13.2. The number of esters is 2. The summed E-state index contributed by atoms with van der Waals surface area (Å²) in [5.74, 6) is 0.0765. The van der Waals surface area contributed by atoms with Crippen molar-refractivity contribution in [2.45, 2.75) is 53.1 Å². The first-order valence-corrected chi connectivity index (χ1v) is 16.9. The van der Waals surface area contributed by atoms with Crippen LogP contribution in [0.5, 0.6) is 23.0 Å². The largest absolute Gasteiger partial charge is 0.487 e. The van der Waals surface area contributed by atoms with Crippen molar-refractivity contribution < 1.29 is 28.5 Å². The third kappa shape index (κ3) is 10.3. The number of hydrogen-bond donors (Lipinski definition) is 0. The SMILES string of the molecule is CCCCCCOc1c(N=Nc2ccc(OC(=O)c3ccc(C)cc3)cc2)ccc(OC(=O)c2ccc(Cl)cc2)c1OCc1ccc(C)cc1. The van der Waals surface area contributed by atoms with Gasteiger partial charge >= 0.3 is 11.9 Å². The summed E-state index contributed by atoms with van der Waals surface area (Å²) in [5, 5.41) is 9.45. The van der Waals surface area contributed by atoms with Crippen molar-refractivity contribution >= 4 is 34.9 Å². The normalized spacial score (nSPS) is 11.0. The number of nitrogens with zero attached hydrogens (tertiary/aromatic N) is 2. The summed E-state index contributed by atoms with van der Waals surface area (Å²) in [4.78, 5) is 25.7. The maximum Gasteiger partial charge on any atom is 0.343 e. The van der Waals surface area contributed by atoms with E-state index in [1.54, 1.807) is 72.8 Å². The molecule has 0 heterocycles. The van der Waals surface area contributed by atoms with Gasteiger partial charge in [0.15, 0.2) is 11.5 Å². The molecule has 5 aromatic rings. The molecule has 9 heteroatoms. The van der Waals surface area contributed by atoms with Crippen LogP contribution in [0.3, 0.4) is 0 Å². The minimum Gasteiger partial charge on any atom is -0.487 e. The van der Waals surface area contributed by atoms with Crippen molar-refractivity contribution in [3.63, 3.8) is 0 Å². The molecule has 0 N–H and O–H groups in total. The zero-order chi connectivity index (χ0) is 35.3. The Morgan fingerprint density at radius 3 is 1.90 bits per heavy atom. The molecule has 0 aromatic heterocycles. The van der Waals surface area contributed by atoms with Gasteiger partial charge in [0, 0.05) is 5.02 Å². The summed E-state index contributed by atoms with van der Waals surface area (Å²) in [7, 11) is 0. The Balaban J connectivity index is 1.42. The number of aryl methyl sites for hydroxylation is 2. The number of rotatable bonds is 15. The monoisotopic (exact) mass is 690 g/mol. The van der Waals surface area contributed by atoms with E-state index in [1.165, 1.54) is 0 Å². The first-order valence-electron chi connectivity index (χ1n) is 16.6. The fourth-order valence-electron chi connectivity index (χ4n) is 4.81. The van der Waals surface area contributed by atoms with Crippen molar-refractivity contribution in [2.75, 3.05) is 6.61 Å². The second kappa shape index (κ2) is 17.8. The fraction of sp³-hybridized carbons (Fsp3) is 0.220. The second-order valence-corrected chi connectivity index (χ2v) is 12.2. The predicted molar refractivity (Wildman–Crippen MR) is 195 cm³/mol. The van der Waals surface area contributed by atoms with Crippen molar-refractivity contribution in [1.82, 2.24) is 0 Å². The molecule has 0 saturated carbocycles. The number of benzene rings is 5. The van der Waals surface area contributed by atoms with Crippen LogP contribution in [0.25, 0.3) is 0 Å². The summed E-state index contributed by atoms with van der Waals surface area (Å²) in [5.41, 5.74) is 4.81. The molecule has 0 fully saturated rings. The molecule has 50 heavy (non-hydrogen) atoms. The van der Waals surface area contributed by atoms with Gasteiger partial charge < -0.3 is 18.9 Å². The molecule has 0 spiro atoms. The van der Waals surface area contributed by atoms with Gasteiger partial charge in [-0.05, 0) is 98.6 Å². The molecular weight excluding hydrogens is 652 g/mol. The second-order valence-electron chi connectivity index (χ2n) is 11.8. The van der Waals surface area contributed by atoms with Crippen LogP contribution in [0.4, 0.5) is 11.4 Å². The molecule has 0 amide bonds. The fourth-order valence-corrected chi connectivity index (χ4v) is 4.93. The van der Waals surface area contributed by atoms with Gasteiger partial charge in [-0.3, -0.25) is 0 Å². The summed E-state index contributed by atoms with van der Waals surface area (Å²) in [6.45, 7) is 6.72. The van der Waals surface area contributed by atoms with Crippen molar-refractivity contribution in [1.29, 1.82) is 0 Å². The van der Waals surface area contributed by atoms with Crippen LogP contribution in [-0.4, -0.2) is 18.5 Å². The minimum absolute atomic E-state index is 0.180. The van der Waals surface area contributed by atoms with Crippen LogP contribution >= 0.6 is 11.6 Å². The van der Waals surface area contributed by atoms with Gasteiger partial charge in [0.05, 0.1) is 23.4 Å². The van der Waals surface area contributed by atoms with Crippen LogP contribution < -0.4 is 18.9 Å². The molecule has 0 atom stereocenters. The van der Waals surface area contributed by atoms with Crippen molar-refractivity contribution in [3.05, 3.63) is 142 Å². The quantitative estimate of drug-likeness (QED) is 0.0469. The number of unbranched alkanes of at least 4 members (excludes halogenated alkanes) is 3. The highest BCUT2D eigenvalue weighted by molar-refractivity contribution is 6.30. The van der Waals surface area contributed by atoms with E-state index in [2.05, 4.69) is 17.2 Å². The first kappa shape index (κ1) is 35.8. The van der Waals surface area contributed by atoms with Gasteiger partial charge in [0.1, 0.15) is 18.0 Å². The molecule has 0 aliphatic rings. The highest BCUT2D eigenvalue weighted by atomic mass is 35.5. The van der Waals surface area contributed by atoms with E-state index in [0.29, 0.717) is 45.6 Å². The molecule has 5 rings (SSSR count). The predicted octanol–water partition coefficient (Wildman–Crippen LogP) is 11.3. The topological polar surface area (TPSA) is 95.8 Å². The van der Waals surface area contributed by atoms with Crippen LogP contribution in [0.1, 0.15) is 70.0 Å². The standard InChI is InChI=1S/C41H39ClN2O6/c1-4-5-6-7-26-47-38-36(44-43-34-20-22-35(23-21-34)49-40(45)31-14-10-29(3)11-15-31)24-25-37(50-41(46)32-16-18-33(42)19-17-32)39(38)48-27-30-12-8-28(2)9-13-30/h8-25H,4-7,26-27H2,1-3H3. The molecule has 8 nitrogen and oxygen atoms in total. The highest BCUT2D eigenvalue weighted by Crippen LogP contribution is 2.46. The van der Waals surface area contributed by atoms with Gasteiger partial charge in [0.2, 0.25) is 5.75 Å². The van der Waals surface area contributed by atoms with Gasteiger partial charge in [0.25, 0.3) is 0 Å². The molecule has 0 saturated heterocycles. The zero-order valence-corrected chi connectivity index (χ0v) is 29.1. The number of hydrogen-bond acceptors (Lipinski definition) is 8. The molecule has 0 aliphatic carbocycles. The van der Waals surface area contributed by atoms with Crippen LogP contribution in [0.2, 0.25) is 5.02 Å². The third-order valence-corrected chi connectivity index (χ3v) is 7.95. The van der Waals surface area contributed by atoms with Crippen molar-refractivity contribution in [2.24, 2.45) is 10.2 Å². The Bertz CT molecular complexity index is 1910. The molecule has 256 valence electrons. The molecular formula is C41H39ClN2O6. The average molecular weight is 691 g/mol.